The molecule has 3 rings (SSSR count). The number of hydrogen-bond donors (Lipinski definition) is 1. The Morgan fingerprint density at radius 3 is 1.82 bits per heavy atom. The fourth-order valence-corrected chi connectivity index (χ4v) is 2.39. The zero-order valence-corrected chi connectivity index (χ0v) is 12.4. The number of hydrogen-bond acceptors (Lipinski definition) is 1. The molecule has 1 heteroatoms. The molecular formula is C21H19N. The van der Waals surface area contributed by atoms with Crippen molar-refractivity contribution in [3.05, 3.63) is 108 Å². The van der Waals surface area contributed by atoms with Crippen LogP contribution in [-0.4, -0.2) is 0 Å². The van der Waals surface area contributed by atoms with Crippen molar-refractivity contribution in [3.8, 4) is 0 Å². The van der Waals surface area contributed by atoms with Crippen LogP contribution in [0.4, 0.5) is 5.69 Å². The first kappa shape index (κ1) is 14.2. The minimum Gasteiger partial charge on any atom is -0.375 e. The highest BCUT2D eigenvalue weighted by Gasteiger charge is 2.06. The van der Waals surface area contributed by atoms with Gasteiger partial charge >= 0.3 is 0 Å². The lowest BCUT2D eigenvalue weighted by atomic mass is 10.0. The maximum Gasteiger partial charge on any atom is 0.0701 e. The summed E-state index contributed by atoms with van der Waals surface area (Å²) in [6.07, 6.45) is 4.37. The average molecular weight is 285 g/mol. The molecule has 0 heterocycles. The fourth-order valence-electron chi connectivity index (χ4n) is 2.39. The van der Waals surface area contributed by atoms with Crippen LogP contribution < -0.4 is 5.32 Å². The van der Waals surface area contributed by atoms with Gasteiger partial charge in [-0.3, -0.25) is 0 Å². The zero-order chi connectivity index (χ0) is 15.0. The Morgan fingerprint density at radius 2 is 1.18 bits per heavy atom. The molecule has 1 atom stereocenters. The Balaban J connectivity index is 1.85. The Labute approximate surface area is 132 Å². The molecule has 0 aliphatic carbocycles. The van der Waals surface area contributed by atoms with Crippen molar-refractivity contribution in [2.45, 2.75) is 6.04 Å². The lowest BCUT2D eigenvalue weighted by Gasteiger charge is -2.17. The first-order chi connectivity index (χ1) is 10.9. The zero-order valence-electron chi connectivity index (χ0n) is 12.4. The molecule has 0 radical (unpaired) electrons. The summed E-state index contributed by atoms with van der Waals surface area (Å²) in [5, 5.41) is 3.58. The molecule has 1 N–H and O–H groups in total. The third-order valence-electron chi connectivity index (χ3n) is 3.54. The Kier molecular flexibility index (Phi) is 4.68. The van der Waals surface area contributed by atoms with Gasteiger partial charge < -0.3 is 5.32 Å². The molecule has 0 fully saturated rings. The van der Waals surface area contributed by atoms with Gasteiger partial charge in [-0.05, 0) is 23.3 Å². The molecule has 1 unspecified atom stereocenters. The van der Waals surface area contributed by atoms with Gasteiger partial charge in [-0.15, -0.1) is 0 Å². The molecule has 0 spiro atoms. The maximum absolute atomic E-state index is 3.58. The first-order valence-corrected chi connectivity index (χ1v) is 7.51. The van der Waals surface area contributed by atoms with Crippen LogP contribution in [0.5, 0.6) is 0 Å². The Hall–Kier alpha value is -2.80. The van der Waals surface area contributed by atoms with Gasteiger partial charge in [0.1, 0.15) is 0 Å². The highest BCUT2D eigenvalue weighted by molar-refractivity contribution is 5.54. The summed E-state index contributed by atoms with van der Waals surface area (Å²) >= 11 is 0. The van der Waals surface area contributed by atoms with E-state index in [2.05, 4.69) is 78.1 Å². The number of rotatable bonds is 5. The van der Waals surface area contributed by atoms with E-state index in [0.29, 0.717) is 0 Å². The second kappa shape index (κ2) is 7.28. The summed E-state index contributed by atoms with van der Waals surface area (Å²) in [6, 6.07) is 31.3. The van der Waals surface area contributed by atoms with Gasteiger partial charge in [-0.25, -0.2) is 0 Å². The van der Waals surface area contributed by atoms with Crippen molar-refractivity contribution >= 4 is 11.8 Å². The molecule has 0 bridgehead atoms. The molecule has 3 aromatic rings. The summed E-state index contributed by atoms with van der Waals surface area (Å²) in [6.45, 7) is 0. The Bertz CT molecular complexity index is 703. The topological polar surface area (TPSA) is 12.0 Å². The number of nitrogens with one attached hydrogen (secondary N) is 1. The first-order valence-electron chi connectivity index (χ1n) is 7.51. The summed E-state index contributed by atoms with van der Waals surface area (Å²) in [4.78, 5) is 0. The van der Waals surface area contributed by atoms with Gasteiger partial charge in [0.15, 0.2) is 0 Å². The molecule has 1 nitrogen and oxygen atoms in total. The van der Waals surface area contributed by atoms with E-state index in [9.17, 15) is 0 Å². The number of anilines is 1. The molecule has 3 aromatic carbocycles. The highest BCUT2D eigenvalue weighted by atomic mass is 14.9. The van der Waals surface area contributed by atoms with E-state index in [-0.39, 0.29) is 6.04 Å². The van der Waals surface area contributed by atoms with Gasteiger partial charge in [0, 0.05) is 5.69 Å². The van der Waals surface area contributed by atoms with E-state index in [1.165, 1.54) is 11.1 Å². The van der Waals surface area contributed by atoms with E-state index < -0.39 is 0 Å². The smallest absolute Gasteiger partial charge is 0.0701 e. The van der Waals surface area contributed by atoms with Crippen molar-refractivity contribution in [2.24, 2.45) is 0 Å². The quantitative estimate of drug-likeness (QED) is 0.647. The molecule has 0 aromatic heterocycles. The van der Waals surface area contributed by atoms with Crippen molar-refractivity contribution < 1.29 is 0 Å². The van der Waals surface area contributed by atoms with Gasteiger partial charge in [0.05, 0.1) is 6.04 Å². The van der Waals surface area contributed by atoms with Crippen LogP contribution in [-0.2, 0) is 0 Å². The fraction of sp³-hybridized carbons (Fsp3) is 0.0476. The number of para-hydroxylation sites is 1. The van der Waals surface area contributed by atoms with Crippen molar-refractivity contribution in [3.63, 3.8) is 0 Å². The SMILES string of the molecule is C(=CC(Nc1ccccc1)c1ccccc1)c1ccccc1. The number of benzene rings is 3. The molecule has 22 heavy (non-hydrogen) atoms. The maximum atomic E-state index is 3.58. The molecule has 0 aliphatic rings. The van der Waals surface area contributed by atoms with Crippen LogP contribution in [0.2, 0.25) is 0 Å². The lowest BCUT2D eigenvalue weighted by molar-refractivity contribution is 0.990. The van der Waals surface area contributed by atoms with Crippen LogP contribution in [0.1, 0.15) is 17.2 Å². The van der Waals surface area contributed by atoms with Gasteiger partial charge in [-0.1, -0.05) is 91.0 Å². The molecule has 0 saturated heterocycles. The minimum absolute atomic E-state index is 0.142. The van der Waals surface area contributed by atoms with Crippen LogP contribution in [0.15, 0.2) is 97.1 Å². The van der Waals surface area contributed by atoms with E-state index in [4.69, 9.17) is 0 Å². The van der Waals surface area contributed by atoms with E-state index in [1.54, 1.807) is 0 Å². The van der Waals surface area contributed by atoms with E-state index >= 15 is 0 Å². The Morgan fingerprint density at radius 1 is 0.636 bits per heavy atom. The molecule has 0 saturated carbocycles. The van der Waals surface area contributed by atoms with Gasteiger partial charge in [0.2, 0.25) is 0 Å². The highest BCUT2D eigenvalue weighted by Crippen LogP contribution is 2.21. The normalized spacial score (nSPS) is 12.2. The predicted octanol–water partition coefficient (Wildman–Crippen LogP) is 5.55. The van der Waals surface area contributed by atoms with Crippen LogP contribution in [0.3, 0.4) is 0 Å². The van der Waals surface area contributed by atoms with Crippen LogP contribution >= 0.6 is 0 Å². The standard InChI is InChI=1S/C21H19N/c1-4-10-18(11-5-1)16-17-21(19-12-6-2-7-13-19)22-20-14-8-3-9-15-20/h1-17,21-22H. The lowest BCUT2D eigenvalue weighted by Crippen LogP contribution is -2.07. The third kappa shape index (κ3) is 3.86. The molecule has 108 valence electrons. The average Bonchev–Trinajstić information content (AvgIpc) is 2.61. The monoisotopic (exact) mass is 285 g/mol. The summed E-state index contributed by atoms with van der Waals surface area (Å²) in [7, 11) is 0. The third-order valence-corrected chi connectivity index (χ3v) is 3.54. The van der Waals surface area contributed by atoms with Gasteiger partial charge in [0.25, 0.3) is 0 Å². The van der Waals surface area contributed by atoms with Crippen molar-refractivity contribution in [2.75, 3.05) is 5.32 Å². The second-order valence-electron chi connectivity index (χ2n) is 5.17. The molecule has 0 amide bonds. The van der Waals surface area contributed by atoms with Crippen molar-refractivity contribution in [1.82, 2.24) is 0 Å². The second-order valence-corrected chi connectivity index (χ2v) is 5.17. The predicted molar refractivity (Wildman–Crippen MR) is 94.7 cm³/mol. The summed E-state index contributed by atoms with van der Waals surface area (Å²) in [5.74, 6) is 0. The van der Waals surface area contributed by atoms with Gasteiger partial charge in [-0.2, -0.15) is 0 Å². The molecule has 0 aliphatic heterocycles. The van der Waals surface area contributed by atoms with E-state index in [0.717, 1.165) is 5.69 Å². The van der Waals surface area contributed by atoms with Crippen LogP contribution in [0, 0.1) is 0 Å². The largest absolute Gasteiger partial charge is 0.375 e. The minimum atomic E-state index is 0.142. The van der Waals surface area contributed by atoms with E-state index in [1.807, 2.05) is 30.3 Å². The molecular weight excluding hydrogens is 266 g/mol. The summed E-state index contributed by atoms with van der Waals surface area (Å²) in [5.41, 5.74) is 3.57. The van der Waals surface area contributed by atoms with Crippen LogP contribution in [0.25, 0.3) is 6.08 Å². The van der Waals surface area contributed by atoms with Crippen molar-refractivity contribution in [1.29, 1.82) is 0 Å². The summed E-state index contributed by atoms with van der Waals surface area (Å²) < 4.78 is 0.